The van der Waals surface area contributed by atoms with Gasteiger partial charge in [0.25, 0.3) is 0 Å². The molecule has 1 aliphatic carbocycles. The number of phenols is 1. The predicted molar refractivity (Wildman–Crippen MR) is 130 cm³/mol. The molecule has 34 heavy (non-hydrogen) atoms. The molecule has 4 rings (SSSR count). The zero-order valence-corrected chi connectivity index (χ0v) is 20.2. The van der Waals surface area contributed by atoms with Crippen LogP contribution < -0.4 is 10.1 Å². The Morgan fingerprint density at radius 2 is 1.85 bits per heavy atom. The van der Waals surface area contributed by atoms with Gasteiger partial charge in [-0.25, -0.2) is 4.79 Å². The third-order valence-corrected chi connectivity index (χ3v) is 6.62. The first-order valence-electron chi connectivity index (χ1n) is 11.4. The fourth-order valence-corrected chi connectivity index (χ4v) is 4.89. The zero-order valence-electron chi connectivity index (χ0n) is 19.5. The third-order valence-electron chi connectivity index (χ3n) is 6.36. The van der Waals surface area contributed by atoms with Gasteiger partial charge in [0.2, 0.25) is 0 Å². The molecule has 0 saturated carbocycles. The van der Waals surface area contributed by atoms with Gasteiger partial charge in [-0.05, 0) is 61.1 Å². The highest BCUT2D eigenvalue weighted by Gasteiger charge is 2.41. The molecular weight excluding hydrogens is 454 g/mol. The summed E-state index contributed by atoms with van der Waals surface area (Å²) in [5, 5.41) is 14.1. The van der Waals surface area contributed by atoms with E-state index in [9.17, 15) is 14.7 Å². The summed E-state index contributed by atoms with van der Waals surface area (Å²) in [5.74, 6) is -0.828. The van der Waals surface area contributed by atoms with Crippen molar-refractivity contribution in [3.05, 3.63) is 81.2 Å². The van der Waals surface area contributed by atoms with E-state index in [1.54, 1.807) is 12.1 Å². The van der Waals surface area contributed by atoms with Crippen LogP contribution in [-0.4, -0.2) is 30.6 Å². The van der Waals surface area contributed by atoms with E-state index in [0.29, 0.717) is 53.3 Å². The lowest BCUT2D eigenvalue weighted by Crippen LogP contribution is -2.36. The SMILES string of the molecule is CCCOC(=O)C1=C(C)NC2=C(C(=O)C[C@@H](c3ccc(Cl)cc3)C2)[C@@H]1c1ccc(O)c(OC)c1. The maximum atomic E-state index is 13.6. The van der Waals surface area contributed by atoms with Crippen molar-refractivity contribution < 1.29 is 24.2 Å². The summed E-state index contributed by atoms with van der Waals surface area (Å²) in [4.78, 5) is 26.7. The van der Waals surface area contributed by atoms with E-state index >= 15 is 0 Å². The fourth-order valence-electron chi connectivity index (χ4n) is 4.76. The van der Waals surface area contributed by atoms with Crippen molar-refractivity contribution in [1.82, 2.24) is 5.32 Å². The van der Waals surface area contributed by atoms with Crippen LogP contribution in [0, 0.1) is 0 Å². The van der Waals surface area contributed by atoms with Gasteiger partial charge in [0.15, 0.2) is 17.3 Å². The molecule has 2 aromatic rings. The first-order chi connectivity index (χ1) is 16.3. The summed E-state index contributed by atoms with van der Waals surface area (Å²) in [6.07, 6.45) is 1.64. The first kappa shape index (κ1) is 23.9. The minimum absolute atomic E-state index is 0.00686. The molecular formula is C27H28ClNO5. The molecule has 178 valence electrons. The van der Waals surface area contributed by atoms with Crippen LogP contribution in [0.1, 0.15) is 56.1 Å². The van der Waals surface area contributed by atoms with Crippen LogP contribution in [0.5, 0.6) is 11.5 Å². The summed E-state index contributed by atoms with van der Waals surface area (Å²) in [5.41, 5.74) is 4.15. The van der Waals surface area contributed by atoms with Crippen molar-refractivity contribution in [2.75, 3.05) is 13.7 Å². The van der Waals surface area contributed by atoms with Gasteiger partial charge < -0.3 is 19.9 Å². The summed E-state index contributed by atoms with van der Waals surface area (Å²) in [6, 6.07) is 12.5. The molecule has 0 radical (unpaired) electrons. The summed E-state index contributed by atoms with van der Waals surface area (Å²) < 4.78 is 10.8. The van der Waals surface area contributed by atoms with E-state index in [1.165, 1.54) is 13.2 Å². The highest BCUT2D eigenvalue weighted by atomic mass is 35.5. The van der Waals surface area contributed by atoms with Crippen LogP contribution in [0.2, 0.25) is 5.02 Å². The van der Waals surface area contributed by atoms with Gasteiger partial charge in [0, 0.05) is 34.3 Å². The fraction of sp³-hybridized carbons (Fsp3) is 0.333. The number of carbonyl (C=O) groups is 2. The van der Waals surface area contributed by atoms with Gasteiger partial charge >= 0.3 is 5.97 Å². The maximum absolute atomic E-state index is 13.6. The molecule has 2 atom stereocenters. The Morgan fingerprint density at radius 1 is 1.15 bits per heavy atom. The van der Waals surface area contributed by atoms with Crippen molar-refractivity contribution in [3.63, 3.8) is 0 Å². The van der Waals surface area contributed by atoms with Crippen molar-refractivity contribution in [3.8, 4) is 11.5 Å². The number of esters is 1. The standard InChI is InChI=1S/C27H28ClNO5/c1-4-11-34-27(32)24-15(2)29-20-12-18(16-5-8-19(28)9-6-16)13-22(31)26(20)25(24)17-7-10-21(30)23(14-17)33-3/h5-10,14,18,25,29-30H,4,11-13H2,1-3H3/t18-,25+/m0/s1. The van der Waals surface area contributed by atoms with Gasteiger partial charge in [-0.3, -0.25) is 4.79 Å². The van der Waals surface area contributed by atoms with E-state index in [-0.39, 0.29) is 23.2 Å². The molecule has 1 aliphatic heterocycles. The normalized spacial score (nSPS) is 20.1. The van der Waals surface area contributed by atoms with Gasteiger partial charge in [-0.2, -0.15) is 0 Å². The number of rotatable bonds is 6. The van der Waals surface area contributed by atoms with Crippen molar-refractivity contribution in [2.45, 2.75) is 44.9 Å². The molecule has 6 nitrogen and oxygen atoms in total. The number of ether oxygens (including phenoxy) is 2. The topological polar surface area (TPSA) is 84.9 Å². The quantitative estimate of drug-likeness (QED) is 0.539. The highest BCUT2D eigenvalue weighted by Crippen LogP contribution is 2.47. The lowest BCUT2D eigenvalue weighted by Gasteiger charge is -2.36. The predicted octanol–water partition coefficient (Wildman–Crippen LogP) is 5.37. The highest BCUT2D eigenvalue weighted by molar-refractivity contribution is 6.30. The first-order valence-corrected chi connectivity index (χ1v) is 11.7. The number of hydrogen-bond donors (Lipinski definition) is 2. The largest absolute Gasteiger partial charge is 0.504 e. The van der Waals surface area contributed by atoms with Crippen molar-refractivity contribution in [1.29, 1.82) is 0 Å². The number of methoxy groups -OCH3 is 1. The summed E-state index contributed by atoms with van der Waals surface area (Å²) in [7, 11) is 1.46. The Bertz CT molecular complexity index is 1180. The molecule has 7 heteroatoms. The van der Waals surface area contributed by atoms with E-state index in [0.717, 1.165) is 11.3 Å². The second-order valence-corrected chi connectivity index (χ2v) is 9.07. The van der Waals surface area contributed by atoms with Crippen molar-refractivity contribution in [2.24, 2.45) is 0 Å². The van der Waals surface area contributed by atoms with Crippen molar-refractivity contribution >= 4 is 23.4 Å². The van der Waals surface area contributed by atoms with E-state index < -0.39 is 11.9 Å². The molecule has 0 saturated heterocycles. The van der Waals surface area contributed by atoms with Crippen LogP contribution >= 0.6 is 11.6 Å². The molecule has 0 amide bonds. The van der Waals surface area contributed by atoms with Gasteiger partial charge in [-0.15, -0.1) is 0 Å². The number of aromatic hydroxyl groups is 1. The van der Waals surface area contributed by atoms with Gasteiger partial charge in [0.05, 0.1) is 19.3 Å². The second-order valence-electron chi connectivity index (χ2n) is 8.64. The number of allylic oxidation sites excluding steroid dienone is 3. The van der Waals surface area contributed by atoms with Gasteiger partial charge in [0.1, 0.15) is 0 Å². The van der Waals surface area contributed by atoms with Gasteiger partial charge in [-0.1, -0.05) is 36.7 Å². The van der Waals surface area contributed by atoms with E-state index in [4.69, 9.17) is 21.1 Å². The van der Waals surface area contributed by atoms with Crippen LogP contribution in [0.3, 0.4) is 0 Å². The average Bonchev–Trinajstić information content (AvgIpc) is 2.82. The lowest BCUT2D eigenvalue weighted by atomic mass is 9.71. The Kier molecular flexibility index (Phi) is 6.98. The molecule has 0 aromatic heterocycles. The number of carbonyl (C=O) groups excluding carboxylic acids is 2. The second kappa shape index (κ2) is 9.94. The molecule has 2 aliphatic rings. The Balaban J connectivity index is 1.80. The molecule has 2 N–H and O–H groups in total. The number of phenolic OH excluding ortho intramolecular Hbond substituents is 1. The molecule has 0 fully saturated rings. The molecule has 0 bridgehead atoms. The Hall–Kier alpha value is -3.25. The lowest BCUT2D eigenvalue weighted by molar-refractivity contribution is -0.139. The Labute approximate surface area is 204 Å². The van der Waals surface area contributed by atoms with Crippen LogP contribution in [-0.2, 0) is 14.3 Å². The number of dihydropyridines is 1. The Morgan fingerprint density at radius 3 is 2.53 bits per heavy atom. The zero-order chi connectivity index (χ0) is 24.4. The molecule has 1 heterocycles. The smallest absolute Gasteiger partial charge is 0.336 e. The van der Waals surface area contributed by atoms with E-state index in [1.807, 2.05) is 38.1 Å². The number of halogens is 1. The minimum Gasteiger partial charge on any atom is -0.504 e. The number of benzene rings is 2. The third kappa shape index (κ3) is 4.55. The van der Waals surface area contributed by atoms with Crippen LogP contribution in [0.4, 0.5) is 0 Å². The summed E-state index contributed by atoms with van der Waals surface area (Å²) in [6.45, 7) is 4.05. The number of ketones is 1. The number of nitrogens with one attached hydrogen (secondary N) is 1. The van der Waals surface area contributed by atoms with E-state index in [2.05, 4.69) is 5.32 Å². The minimum atomic E-state index is -0.617. The molecule has 0 unspecified atom stereocenters. The van der Waals surface area contributed by atoms with Crippen LogP contribution in [0.15, 0.2) is 65.0 Å². The maximum Gasteiger partial charge on any atom is 0.336 e. The monoisotopic (exact) mass is 481 g/mol. The number of hydrogen-bond acceptors (Lipinski definition) is 6. The number of Topliss-reactive ketones (excluding diaryl/α,β-unsaturated/α-hetero) is 1. The molecule has 0 spiro atoms. The molecule has 2 aromatic carbocycles. The average molecular weight is 482 g/mol. The van der Waals surface area contributed by atoms with Crippen LogP contribution in [0.25, 0.3) is 0 Å². The summed E-state index contributed by atoms with van der Waals surface area (Å²) >= 11 is 6.05.